The zero-order valence-corrected chi connectivity index (χ0v) is 11.0. The molecule has 0 bridgehead atoms. The molecule has 1 fully saturated rings. The summed E-state index contributed by atoms with van der Waals surface area (Å²) in [6.45, 7) is 0.425. The molecule has 1 aliphatic heterocycles. The third kappa shape index (κ3) is 2.90. The first-order valence-corrected chi connectivity index (χ1v) is 6.01. The Morgan fingerprint density at radius 3 is 2.74 bits per heavy atom. The van der Waals surface area contributed by atoms with Crippen LogP contribution in [0.3, 0.4) is 0 Å². The van der Waals surface area contributed by atoms with E-state index in [2.05, 4.69) is 5.32 Å². The normalized spacial score (nSPS) is 14.7. The van der Waals surface area contributed by atoms with Gasteiger partial charge in [-0.3, -0.25) is 4.79 Å². The fourth-order valence-electron chi connectivity index (χ4n) is 1.77. The van der Waals surface area contributed by atoms with Crippen LogP contribution in [-0.4, -0.2) is 42.2 Å². The monoisotopic (exact) mass is 284 g/mol. The maximum Gasteiger partial charge on any atom is 0.321 e. The van der Waals surface area contributed by atoms with Crippen molar-refractivity contribution in [3.8, 4) is 5.75 Å². The number of ether oxygens (including phenoxy) is 1. The van der Waals surface area contributed by atoms with Gasteiger partial charge in [-0.05, 0) is 18.2 Å². The van der Waals surface area contributed by atoms with Gasteiger partial charge in [-0.25, -0.2) is 4.79 Å². The zero-order valence-electron chi connectivity index (χ0n) is 10.2. The highest BCUT2D eigenvalue weighted by atomic mass is 35.5. The van der Waals surface area contributed by atoms with Gasteiger partial charge in [0.25, 0.3) is 0 Å². The standard InChI is InChI=1S/C12H13ClN2O4/c1-19-10-3-2-8(13)4-9(10)14-12(18)15-5-7(6-15)11(16)17/h2-4,7H,5-6H2,1H3,(H,14,18)(H,16,17). The molecular weight excluding hydrogens is 272 g/mol. The number of hydrogen-bond acceptors (Lipinski definition) is 3. The van der Waals surface area contributed by atoms with Gasteiger partial charge in [0.15, 0.2) is 0 Å². The molecule has 1 heterocycles. The number of carbonyl (C=O) groups is 2. The van der Waals surface area contributed by atoms with Crippen molar-refractivity contribution in [1.29, 1.82) is 0 Å². The van der Waals surface area contributed by atoms with Crippen molar-refractivity contribution in [3.05, 3.63) is 23.2 Å². The average Bonchev–Trinajstić information content (AvgIpc) is 2.26. The number of carboxylic acid groups (broad SMARTS) is 1. The maximum atomic E-state index is 11.9. The van der Waals surface area contributed by atoms with Crippen LogP contribution >= 0.6 is 11.6 Å². The number of nitrogens with zero attached hydrogens (tertiary/aromatic N) is 1. The van der Waals surface area contributed by atoms with Crippen LogP contribution < -0.4 is 10.1 Å². The van der Waals surface area contributed by atoms with E-state index in [9.17, 15) is 9.59 Å². The number of nitrogens with one attached hydrogen (secondary N) is 1. The fourth-order valence-corrected chi connectivity index (χ4v) is 1.94. The number of hydrogen-bond donors (Lipinski definition) is 2. The highest BCUT2D eigenvalue weighted by molar-refractivity contribution is 6.31. The van der Waals surface area contributed by atoms with E-state index in [0.717, 1.165) is 0 Å². The van der Waals surface area contributed by atoms with Gasteiger partial charge in [0.2, 0.25) is 0 Å². The molecule has 2 N–H and O–H groups in total. The van der Waals surface area contributed by atoms with Crippen molar-refractivity contribution in [2.45, 2.75) is 0 Å². The second-order valence-corrected chi connectivity index (χ2v) is 4.65. The summed E-state index contributed by atoms with van der Waals surface area (Å²) < 4.78 is 5.11. The van der Waals surface area contributed by atoms with Crippen LogP contribution in [0.1, 0.15) is 0 Å². The number of benzene rings is 1. The van der Waals surface area contributed by atoms with Crippen molar-refractivity contribution in [2.75, 3.05) is 25.5 Å². The number of likely N-dealkylation sites (tertiary alicyclic amines) is 1. The summed E-state index contributed by atoms with van der Waals surface area (Å²) in [5, 5.41) is 11.9. The lowest BCUT2D eigenvalue weighted by atomic mass is 10.0. The Hall–Kier alpha value is -1.95. The predicted molar refractivity (Wildman–Crippen MR) is 69.7 cm³/mol. The Morgan fingerprint density at radius 1 is 1.47 bits per heavy atom. The summed E-state index contributed by atoms with van der Waals surface area (Å²) in [7, 11) is 1.49. The summed E-state index contributed by atoms with van der Waals surface area (Å²) in [6, 6.07) is 4.51. The Bertz CT molecular complexity index is 514. The predicted octanol–water partition coefficient (Wildman–Crippen LogP) is 1.90. The van der Waals surface area contributed by atoms with E-state index >= 15 is 0 Å². The summed E-state index contributed by atoms with van der Waals surface area (Å²) in [6.07, 6.45) is 0. The third-order valence-corrected chi connectivity index (χ3v) is 3.16. The van der Waals surface area contributed by atoms with Gasteiger partial charge in [-0.1, -0.05) is 11.6 Å². The van der Waals surface area contributed by atoms with E-state index < -0.39 is 11.9 Å². The molecule has 0 spiro atoms. The molecule has 6 nitrogen and oxygen atoms in total. The molecule has 2 amide bonds. The molecule has 0 atom stereocenters. The van der Waals surface area contributed by atoms with Crippen LogP contribution in [0.25, 0.3) is 0 Å². The van der Waals surface area contributed by atoms with Gasteiger partial charge in [0.1, 0.15) is 5.75 Å². The van der Waals surface area contributed by atoms with Gasteiger partial charge in [-0.2, -0.15) is 0 Å². The van der Waals surface area contributed by atoms with Gasteiger partial charge in [-0.15, -0.1) is 0 Å². The van der Waals surface area contributed by atoms with E-state index in [4.69, 9.17) is 21.4 Å². The van der Waals surface area contributed by atoms with Crippen molar-refractivity contribution >= 4 is 29.3 Å². The Kier molecular flexibility index (Phi) is 3.80. The van der Waals surface area contributed by atoms with E-state index in [1.54, 1.807) is 18.2 Å². The molecule has 0 unspecified atom stereocenters. The second kappa shape index (κ2) is 5.36. The highest BCUT2D eigenvalue weighted by Gasteiger charge is 2.35. The molecule has 1 aliphatic rings. The first-order valence-electron chi connectivity index (χ1n) is 5.63. The van der Waals surface area contributed by atoms with Crippen molar-refractivity contribution in [1.82, 2.24) is 4.90 Å². The number of anilines is 1. The molecule has 0 radical (unpaired) electrons. The molecule has 7 heteroatoms. The van der Waals surface area contributed by atoms with Crippen LogP contribution in [0.2, 0.25) is 5.02 Å². The Morgan fingerprint density at radius 2 is 2.16 bits per heavy atom. The highest BCUT2D eigenvalue weighted by Crippen LogP contribution is 2.28. The van der Waals surface area contributed by atoms with Crippen LogP contribution in [0.5, 0.6) is 5.75 Å². The van der Waals surface area contributed by atoms with E-state index in [-0.39, 0.29) is 19.1 Å². The Labute approximate surface area is 114 Å². The lowest BCUT2D eigenvalue weighted by Gasteiger charge is -2.36. The van der Waals surface area contributed by atoms with Gasteiger partial charge >= 0.3 is 12.0 Å². The topological polar surface area (TPSA) is 78.9 Å². The van der Waals surface area contributed by atoms with Crippen molar-refractivity contribution < 1.29 is 19.4 Å². The largest absolute Gasteiger partial charge is 0.495 e. The molecule has 0 aliphatic carbocycles. The van der Waals surface area contributed by atoms with Crippen LogP contribution in [-0.2, 0) is 4.79 Å². The summed E-state index contributed by atoms with van der Waals surface area (Å²) in [4.78, 5) is 23.9. The number of rotatable bonds is 3. The number of aliphatic carboxylic acids is 1. The minimum absolute atomic E-state index is 0.212. The summed E-state index contributed by atoms with van der Waals surface area (Å²) >= 11 is 5.85. The average molecular weight is 285 g/mol. The lowest BCUT2D eigenvalue weighted by Crippen LogP contribution is -2.54. The molecule has 1 saturated heterocycles. The summed E-state index contributed by atoms with van der Waals surface area (Å²) in [5.74, 6) is -0.871. The van der Waals surface area contributed by atoms with Gasteiger partial charge in [0, 0.05) is 18.1 Å². The van der Waals surface area contributed by atoms with E-state index in [1.165, 1.54) is 12.0 Å². The number of carboxylic acids is 1. The minimum Gasteiger partial charge on any atom is -0.495 e. The van der Waals surface area contributed by atoms with E-state index in [0.29, 0.717) is 16.5 Å². The molecule has 1 aromatic rings. The summed E-state index contributed by atoms with van der Waals surface area (Å²) in [5.41, 5.74) is 0.457. The molecule has 19 heavy (non-hydrogen) atoms. The number of halogens is 1. The molecule has 0 saturated carbocycles. The van der Waals surface area contributed by atoms with E-state index in [1.807, 2.05) is 0 Å². The SMILES string of the molecule is COc1ccc(Cl)cc1NC(=O)N1CC(C(=O)O)C1. The first-order chi connectivity index (χ1) is 9.01. The second-order valence-electron chi connectivity index (χ2n) is 4.21. The number of carbonyl (C=O) groups excluding carboxylic acids is 1. The lowest BCUT2D eigenvalue weighted by molar-refractivity contribution is -0.145. The Balaban J connectivity index is 2.00. The first kappa shape index (κ1) is 13.5. The van der Waals surface area contributed by atoms with Crippen molar-refractivity contribution in [2.24, 2.45) is 5.92 Å². The minimum atomic E-state index is -0.885. The number of urea groups is 1. The van der Waals surface area contributed by atoms with Gasteiger partial charge in [0.05, 0.1) is 18.7 Å². The molecule has 0 aromatic heterocycles. The van der Waals surface area contributed by atoms with Crippen LogP contribution in [0.4, 0.5) is 10.5 Å². The van der Waals surface area contributed by atoms with Crippen LogP contribution in [0.15, 0.2) is 18.2 Å². The molecule has 1 aromatic carbocycles. The zero-order chi connectivity index (χ0) is 14.0. The molecule has 102 valence electrons. The van der Waals surface area contributed by atoms with Gasteiger partial charge < -0.3 is 20.1 Å². The third-order valence-electron chi connectivity index (χ3n) is 2.92. The smallest absolute Gasteiger partial charge is 0.321 e. The number of amides is 2. The van der Waals surface area contributed by atoms with Crippen molar-refractivity contribution in [3.63, 3.8) is 0 Å². The molecular formula is C12H13ClN2O4. The molecule has 2 rings (SSSR count). The van der Waals surface area contributed by atoms with Crippen LogP contribution in [0, 0.1) is 5.92 Å². The maximum absolute atomic E-state index is 11.9. The fraction of sp³-hybridized carbons (Fsp3) is 0.333. The quantitative estimate of drug-likeness (QED) is 0.888. The number of methoxy groups -OCH3 is 1.